The molecule has 0 radical (unpaired) electrons. The number of aryl methyl sites for hydroxylation is 2. The maximum atomic E-state index is 5.73. The summed E-state index contributed by atoms with van der Waals surface area (Å²) in [5.74, 6) is 1.73. The van der Waals surface area contributed by atoms with Crippen LogP contribution in [0.1, 0.15) is 12.8 Å². The molecule has 7 rings (SSSR count). The van der Waals surface area contributed by atoms with Gasteiger partial charge in [-0.25, -0.2) is 9.97 Å². The average Bonchev–Trinajstić information content (AvgIpc) is 3.63. The van der Waals surface area contributed by atoms with E-state index in [2.05, 4.69) is 91.1 Å². The summed E-state index contributed by atoms with van der Waals surface area (Å²) in [7, 11) is 0. The number of fused-ring (bicyclic) bond motifs is 3. The Morgan fingerprint density at radius 1 is 0.674 bits per heavy atom. The fourth-order valence-electron chi connectivity index (χ4n) is 5.60. The Morgan fingerprint density at radius 2 is 1.28 bits per heavy atom. The normalized spacial score (nSPS) is 15.1. The Hall–Kier alpha value is -3.12. The molecule has 0 bridgehead atoms. The molecular weight excluding hydrogens is 674 g/mol. The summed E-state index contributed by atoms with van der Waals surface area (Å²) >= 11 is 7.01. The van der Waals surface area contributed by atoms with Crippen LogP contribution in [0.3, 0.4) is 0 Å². The van der Waals surface area contributed by atoms with Gasteiger partial charge < -0.3 is 29.2 Å². The number of anilines is 1. The molecule has 0 spiro atoms. The Labute approximate surface area is 268 Å². The van der Waals surface area contributed by atoms with Crippen LogP contribution in [0.2, 0.25) is 0 Å². The first kappa shape index (κ1) is 29.9. The lowest BCUT2D eigenvalue weighted by molar-refractivity contribution is 0.171. The van der Waals surface area contributed by atoms with Gasteiger partial charge in [-0.15, -0.1) is 0 Å². The Morgan fingerprint density at radius 3 is 1.91 bits per heavy atom. The largest absolute Gasteiger partial charge is 0.486 e. The van der Waals surface area contributed by atoms with Crippen LogP contribution in [-0.2, 0) is 13.1 Å². The van der Waals surface area contributed by atoms with E-state index in [0.717, 1.165) is 95.6 Å². The topological polar surface area (TPSA) is 86.6 Å². The van der Waals surface area contributed by atoms with Crippen LogP contribution in [0.15, 0.2) is 76.2 Å². The molecule has 1 saturated heterocycles. The zero-order valence-electron chi connectivity index (χ0n) is 24.2. The number of piperazine rings is 1. The lowest BCUT2D eigenvalue weighted by Gasteiger charge is -2.36. The summed E-state index contributed by atoms with van der Waals surface area (Å²) in [6.07, 6.45) is 5.93. The van der Waals surface area contributed by atoms with E-state index in [1.165, 1.54) is 11.2 Å². The highest BCUT2D eigenvalue weighted by Gasteiger charge is 2.19. The van der Waals surface area contributed by atoms with Crippen molar-refractivity contribution in [3.8, 4) is 11.5 Å². The molecular formula is C32H37Br2N7O2. The van der Waals surface area contributed by atoms with Crippen LogP contribution >= 0.6 is 31.9 Å². The number of nitrogens with zero attached hydrogens (tertiary/aromatic N) is 6. The van der Waals surface area contributed by atoms with E-state index in [1.807, 2.05) is 36.9 Å². The number of aromatic nitrogens is 4. The van der Waals surface area contributed by atoms with Crippen molar-refractivity contribution in [2.24, 2.45) is 5.73 Å². The van der Waals surface area contributed by atoms with Gasteiger partial charge in [-0.3, -0.25) is 4.90 Å². The molecule has 0 saturated carbocycles. The monoisotopic (exact) mass is 709 g/mol. The van der Waals surface area contributed by atoms with Gasteiger partial charge in [0.1, 0.15) is 13.2 Å². The lowest BCUT2D eigenvalue weighted by atomic mass is 10.2. The minimum atomic E-state index is 0.632. The first-order valence-corrected chi connectivity index (χ1v) is 16.4. The number of hydrogen-bond acceptors (Lipinski definition) is 7. The molecule has 2 aliphatic heterocycles. The van der Waals surface area contributed by atoms with Gasteiger partial charge in [0.25, 0.3) is 0 Å². The summed E-state index contributed by atoms with van der Waals surface area (Å²) in [5, 5.41) is 0. The van der Waals surface area contributed by atoms with Crippen molar-refractivity contribution in [2.75, 3.05) is 57.4 Å². The van der Waals surface area contributed by atoms with E-state index in [4.69, 9.17) is 15.2 Å². The summed E-state index contributed by atoms with van der Waals surface area (Å²) in [6.45, 7) is 9.29. The van der Waals surface area contributed by atoms with Crippen LogP contribution in [0.5, 0.6) is 11.5 Å². The number of benzene rings is 3. The van der Waals surface area contributed by atoms with Gasteiger partial charge >= 0.3 is 0 Å². The maximum Gasteiger partial charge on any atom is 0.163 e. The van der Waals surface area contributed by atoms with E-state index in [1.54, 1.807) is 0 Å². The van der Waals surface area contributed by atoms with Gasteiger partial charge in [0.2, 0.25) is 0 Å². The summed E-state index contributed by atoms with van der Waals surface area (Å²) < 4.78 is 17.9. The van der Waals surface area contributed by atoms with Crippen LogP contribution < -0.4 is 20.1 Å². The molecule has 2 N–H and O–H groups in total. The molecule has 0 aliphatic carbocycles. The molecule has 0 amide bonds. The van der Waals surface area contributed by atoms with Crippen LogP contribution in [0, 0.1) is 0 Å². The van der Waals surface area contributed by atoms with Crippen LogP contribution in [-0.4, -0.2) is 76.5 Å². The first-order chi connectivity index (χ1) is 21.1. The highest BCUT2D eigenvalue weighted by molar-refractivity contribution is 9.10. The lowest BCUT2D eigenvalue weighted by Crippen LogP contribution is -2.46. The molecule has 43 heavy (non-hydrogen) atoms. The van der Waals surface area contributed by atoms with Gasteiger partial charge in [-0.2, -0.15) is 0 Å². The summed E-state index contributed by atoms with van der Waals surface area (Å²) in [5.41, 5.74) is 11.1. The van der Waals surface area contributed by atoms with Gasteiger partial charge in [0.05, 0.1) is 34.7 Å². The van der Waals surface area contributed by atoms with E-state index >= 15 is 0 Å². The second kappa shape index (κ2) is 14.1. The highest BCUT2D eigenvalue weighted by Crippen LogP contribution is 2.34. The second-order valence-electron chi connectivity index (χ2n) is 10.8. The van der Waals surface area contributed by atoms with E-state index in [9.17, 15) is 0 Å². The Kier molecular flexibility index (Phi) is 9.82. The van der Waals surface area contributed by atoms with Crippen molar-refractivity contribution in [1.29, 1.82) is 0 Å². The van der Waals surface area contributed by atoms with Crippen molar-refractivity contribution in [2.45, 2.75) is 25.9 Å². The Bertz CT molecular complexity index is 1660. The fourth-order valence-corrected chi connectivity index (χ4v) is 6.30. The number of rotatable bonds is 8. The van der Waals surface area contributed by atoms with Gasteiger partial charge in [-0.1, -0.05) is 31.9 Å². The average molecular weight is 712 g/mol. The number of nitrogens with two attached hydrogens (primary N) is 1. The predicted octanol–water partition coefficient (Wildman–Crippen LogP) is 5.93. The zero-order valence-corrected chi connectivity index (χ0v) is 27.3. The smallest absolute Gasteiger partial charge is 0.163 e. The molecule has 2 aliphatic rings. The highest BCUT2D eigenvalue weighted by atomic mass is 79.9. The third-order valence-corrected chi connectivity index (χ3v) is 8.89. The quantitative estimate of drug-likeness (QED) is 0.214. The minimum absolute atomic E-state index is 0.632. The molecule has 9 nitrogen and oxygen atoms in total. The van der Waals surface area contributed by atoms with Crippen molar-refractivity contribution >= 4 is 59.6 Å². The van der Waals surface area contributed by atoms with E-state index in [-0.39, 0.29) is 0 Å². The van der Waals surface area contributed by atoms with Crippen molar-refractivity contribution in [1.82, 2.24) is 24.0 Å². The first-order valence-electron chi connectivity index (χ1n) is 14.9. The standard InChI is InChI=1S/C22H25BrN4O2.C10H12BrN3/c23-17-2-4-19-20(14-17)27(16-24-19)7-1-6-25-8-10-26(11-9-25)18-3-5-21-22(15-18)29-13-12-28-21;11-8-2-3-9-10(6-8)14(7-13-9)5-1-4-12/h2-5,14-16H,1,6-13H2;2-3,6-7H,1,4-5,12H2. The summed E-state index contributed by atoms with van der Waals surface area (Å²) in [6, 6.07) is 18.6. The number of ether oxygens (including phenoxy) is 2. The minimum Gasteiger partial charge on any atom is -0.486 e. The van der Waals surface area contributed by atoms with Gasteiger partial charge in [0.15, 0.2) is 11.5 Å². The number of hydrogen-bond donors (Lipinski definition) is 1. The van der Waals surface area contributed by atoms with Crippen LogP contribution in [0.4, 0.5) is 5.69 Å². The van der Waals surface area contributed by atoms with E-state index in [0.29, 0.717) is 19.8 Å². The predicted molar refractivity (Wildman–Crippen MR) is 179 cm³/mol. The molecule has 5 aromatic rings. The molecule has 0 unspecified atom stereocenters. The van der Waals surface area contributed by atoms with Crippen molar-refractivity contribution < 1.29 is 9.47 Å². The van der Waals surface area contributed by atoms with Crippen molar-refractivity contribution in [3.63, 3.8) is 0 Å². The van der Waals surface area contributed by atoms with Gasteiger partial charge in [-0.05, 0) is 74.5 Å². The number of imidazole rings is 2. The second-order valence-corrected chi connectivity index (χ2v) is 12.6. The molecule has 226 valence electrons. The van der Waals surface area contributed by atoms with Crippen LogP contribution in [0.25, 0.3) is 22.1 Å². The third kappa shape index (κ3) is 7.34. The third-order valence-electron chi connectivity index (χ3n) is 7.91. The fraction of sp³-hybridized carbons (Fsp3) is 0.375. The molecule has 3 aromatic carbocycles. The molecule has 0 atom stereocenters. The molecule has 4 heterocycles. The molecule has 1 fully saturated rings. The SMILES string of the molecule is Brc1ccc2ncn(CCCN3CCN(c4ccc5c(c4)OCCO5)CC3)c2c1.NCCCn1cnc2ccc(Br)cc21. The molecule has 2 aromatic heterocycles. The van der Waals surface area contributed by atoms with Crippen molar-refractivity contribution in [3.05, 3.63) is 76.2 Å². The summed E-state index contributed by atoms with van der Waals surface area (Å²) in [4.78, 5) is 13.8. The zero-order chi connectivity index (χ0) is 29.6. The Balaban J connectivity index is 0.000000197. The van der Waals surface area contributed by atoms with E-state index < -0.39 is 0 Å². The molecule has 11 heteroatoms. The number of halogens is 2. The van der Waals surface area contributed by atoms with Gasteiger partial charge in [0, 0.05) is 60.0 Å². The maximum absolute atomic E-state index is 5.73.